The van der Waals surface area contributed by atoms with E-state index in [0.717, 1.165) is 30.5 Å². The summed E-state index contributed by atoms with van der Waals surface area (Å²) in [5, 5.41) is 7.55. The molecule has 1 atom stereocenters. The highest BCUT2D eigenvalue weighted by atomic mass is 16.2. The van der Waals surface area contributed by atoms with E-state index in [9.17, 15) is 9.59 Å². The fraction of sp³-hybridized carbons (Fsp3) is 0.529. The quantitative estimate of drug-likeness (QED) is 0.884. The van der Waals surface area contributed by atoms with Gasteiger partial charge in [0.1, 0.15) is 5.82 Å². The standard InChI is InChI=1S/C17H23N5O2/c1-9-12(17(24)19-11(3)18-9)8-15(23)20-13-6-5-7-14-16(13)10(2)21-22(14)4/h13H,5-8H2,1-4H3,(H,20,23)(H,18,19,24). The second kappa shape index (κ2) is 6.22. The minimum absolute atomic E-state index is 0.0345. The lowest BCUT2D eigenvalue weighted by atomic mass is 9.91. The van der Waals surface area contributed by atoms with Crippen molar-refractivity contribution in [2.45, 2.75) is 52.5 Å². The maximum atomic E-state index is 12.5. The number of amides is 1. The normalized spacial score (nSPS) is 16.8. The second-order valence-corrected chi connectivity index (χ2v) is 6.47. The smallest absolute Gasteiger partial charge is 0.254 e. The van der Waals surface area contributed by atoms with Gasteiger partial charge >= 0.3 is 0 Å². The molecule has 24 heavy (non-hydrogen) atoms. The van der Waals surface area contributed by atoms with Gasteiger partial charge in [-0.2, -0.15) is 5.10 Å². The molecule has 0 fully saturated rings. The van der Waals surface area contributed by atoms with Crippen LogP contribution in [0.25, 0.3) is 0 Å². The van der Waals surface area contributed by atoms with Gasteiger partial charge in [0.15, 0.2) is 0 Å². The third-order valence-electron chi connectivity index (χ3n) is 4.66. The topological polar surface area (TPSA) is 92.7 Å². The Bertz CT molecular complexity index is 849. The maximum absolute atomic E-state index is 12.5. The molecule has 128 valence electrons. The molecule has 1 aliphatic rings. The zero-order chi connectivity index (χ0) is 17.4. The van der Waals surface area contributed by atoms with Gasteiger partial charge in [0, 0.05) is 29.6 Å². The third kappa shape index (κ3) is 2.98. The van der Waals surface area contributed by atoms with E-state index in [-0.39, 0.29) is 23.9 Å². The van der Waals surface area contributed by atoms with Gasteiger partial charge in [-0.25, -0.2) is 4.98 Å². The van der Waals surface area contributed by atoms with Crippen molar-refractivity contribution in [2.24, 2.45) is 7.05 Å². The summed E-state index contributed by atoms with van der Waals surface area (Å²) in [4.78, 5) is 31.4. The fourth-order valence-corrected chi connectivity index (χ4v) is 3.60. The van der Waals surface area contributed by atoms with Crippen LogP contribution >= 0.6 is 0 Å². The SMILES string of the molecule is Cc1nc(C)c(CC(=O)NC2CCCc3c2c(C)nn3C)c(=O)[nH]1. The van der Waals surface area contributed by atoms with E-state index in [0.29, 0.717) is 17.1 Å². The van der Waals surface area contributed by atoms with E-state index in [2.05, 4.69) is 20.4 Å². The van der Waals surface area contributed by atoms with Crippen LogP contribution in [0.3, 0.4) is 0 Å². The Kier molecular flexibility index (Phi) is 4.26. The van der Waals surface area contributed by atoms with Crippen molar-refractivity contribution in [3.05, 3.63) is 44.4 Å². The molecule has 0 bridgehead atoms. The molecule has 0 aromatic carbocycles. The van der Waals surface area contributed by atoms with E-state index >= 15 is 0 Å². The fourth-order valence-electron chi connectivity index (χ4n) is 3.60. The molecular formula is C17H23N5O2. The molecule has 2 aromatic rings. The molecule has 2 N–H and O–H groups in total. The number of rotatable bonds is 3. The monoisotopic (exact) mass is 329 g/mol. The number of nitrogens with one attached hydrogen (secondary N) is 2. The molecule has 1 amide bonds. The van der Waals surface area contributed by atoms with Gasteiger partial charge in [-0.05, 0) is 40.0 Å². The Morgan fingerprint density at radius 2 is 2.08 bits per heavy atom. The third-order valence-corrected chi connectivity index (χ3v) is 4.66. The predicted molar refractivity (Wildman–Crippen MR) is 89.8 cm³/mol. The molecule has 7 nitrogen and oxygen atoms in total. The van der Waals surface area contributed by atoms with Gasteiger partial charge in [0.25, 0.3) is 5.56 Å². The number of aryl methyl sites for hydroxylation is 4. The molecule has 0 aliphatic heterocycles. The minimum Gasteiger partial charge on any atom is -0.349 e. The van der Waals surface area contributed by atoms with Crippen LogP contribution in [0.5, 0.6) is 0 Å². The first-order valence-corrected chi connectivity index (χ1v) is 8.25. The van der Waals surface area contributed by atoms with Crippen molar-refractivity contribution < 1.29 is 4.79 Å². The molecule has 1 unspecified atom stereocenters. The zero-order valence-corrected chi connectivity index (χ0v) is 14.6. The highest BCUT2D eigenvalue weighted by Gasteiger charge is 2.27. The Morgan fingerprint density at radius 3 is 2.79 bits per heavy atom. The first-order chi connectivity index (χ1) is 11.4. The number of aromatic nitrogens is 4. The highest BCUT2D eigenvalue weighted by molar-refractivity contribution is 5.79. The lowest BCUT2D eigenvalue weighted by Gasteiger charge is -2.24. The van der Waals surface area contributed by atoms with Crippen molar-refractivity contribution in [2.75, 3.05) is 0 Å². The number of H-pyrrole nitrogens is 1. The van der Waals surface area contributed by atoms with Crippen molar-refractivity contribution >= 4 is 5.91 Å². The van der Waals surface area contributed by atoms with Gasteiger partial charge in [-0.1, -0.05) is 0 Å². The summed E-state index contributed by atoms with van der Waals surface area (Å²) in [6, 6.07) is -0.0345. The molecular weight excluding hydrogens is 306 g/mol. The first-order valence-electron chi connectivity index (χ1n) is 8.25. The van der Waals surface area contributed by atoms with Crippen LogP contribution in [0.15, 0.2) is 4.79 Å². The van der Waals surface area contributed by atoms with E-state index < -0.39 is 0 Å². The van der Waals surface area contributed by atoms with E-state index in [1.54, 1.807) is 13.8 Å². The summed E-state index contributed by atoms with van der Waals surface area (Å²) in [7, 11) is 1.94. The molecule has 0 radical (unpaired) electrons. The van der Waals surface area contributed by atoms with Crippen LogP contribution in [0.1, 0.15) is 52.9 Å². The van der Waals surface area contributed by atoms with E-state index in [1.807, 2.05) is 18.7 Å². The van der Waals surface area contributed by atoms with Crippen LogP contribution in [-0.4, -0.2) is 25.7 Å². The molecule has 2 heterocycles. The summed E-state index contributed by atoms with van der Waals surface area (Å²) >= 11 is 0. The van der Waals surface area contributed by atoms with Gasteiger partial charge < -0.3 is 10.3 Å². The summed E-state index contributed by atoms with van der Waals surface area (Å²) in [5.41, 5.74) is 4.07. The number of hydrogen-bond donors (Lipinski definition) is 2. The van der Waals surface area contributed by atoms with E-state index in [4.69, 9.17) is 0 Å². The lowest BCUT2D eigenvalue weighted by Crippen LogP contribution is -2.34. The van der Waals surface area contributed by atoms with Crippen molar-refractivity contribution in [1.29, 1.82) is 0 Å². The molecule has 0 saturated carbocycles. The molecule has 0 spiro atoms. The number of fused-ring (bicyclic) bond motifs is 1. The van der Waals surface area contributed by atoms with E-state index in [1.165, 1.54) is 5.69 Å². The predicted octanol–water partition coefficient (Wildman–Crippen LogP) is 1.16. The van der Waals surface area contributed by atoms with Gasteiger partial charge in [0.2, 0.25) is 5.91 Å². The summed E-state index contributed by atoms with van der Waals surface area (Å²) in [6.45, 7) is 5.46. The number of hydrogen-bond acceptors (Lipinski definition) is 4. The average molecular weight is 329 g/mol. The van der Waals surface area contributed by atoms with Gasteiger partial charge in [0.05, 0.1) is 18.2 Å². The summed E-state index contributed by atoms with van der Waals surface area (Å²) in [5.74, 6) is 0.403. The molecule has 7 heteroatoms. The molecule has 3 rings (SSSR count). The highest BCUT2D eigenvalue weighted by Crippen LogP contribution is 2.31. The Morgan fingerprint density at radius 1 is 1.33 bits per heavy atom. The Hall–Kier alpha value is -2.44. The number of carbonyl (C=O) groups is 1. The number of carbonyl (C=O) groups excluding carboxylic acids is 1. The number of nitrogens with zero attached hydrogens (tertiary/aromatic N) is 3. The van der Waals surface area contributed by atoms with Crippen LogP contribution in [0, 0.1) is 20.8 Å². The lowest BCUT2D eigenvalue weighted by molar-refractivity contribution is -0.121. The largest absolute Gasteiger partial charge is 0.349 e. The molecule has 1 aliphatic carbocycles. The molecule has 0 saturated heterocycles. The molecule has 2 aromatic heterocycles. The van der Waals surface area contributed by atoms with Crippen LogP contribution in [0.4, 0.5) is 0 Å². The van der Waals surface area contributed by atoms with Crippen LogP contribution < -0.4 is 10.9 Å². The second-order valence-electron chi connectivity index (χ2n) is 6.47. The summed E-state index contributed by atoms with van der Waals surface area (Å²) < 4.78 is 1.90. The first kappa shape index (κ1) is 16.4. The Labute approximate surface area is 140 Å². The maximum Gasteiger partial charge on any atom is 0.254 e. The van der Waals surface area contributed by atoms with Gasteiger partial charge in [-0.3, -0.25) is 14.3 Å². The van der Waals surface area contributed by atoms with Crippen molar-refractivity contribution in [1.82, 2.24) is 25.1 Å². The van der Waals surface area contributed by atoms with Crippen LogP contribution in [0.2, 0.25) is 0 Å². The average Bonchev–Trinajstić information content (AvgIpc) is 2.79. The minimum atomic E-state index is -0.239. The zero-order valence-electron chi connectivity index (χ0n) is 14.6. The van der Waals surface area contributed by atoms with Gasteiger partial charge in [-0.15, -0.1) is 0 Å². The van der Waals surface area contributed by atoms with Crippen molar-refractivity contribution in [3.8, 4) is 0 Å². The number of aromatic amines is 1. The van der Waals surface area contributed by atoms with Crippen molar-refractivity contribution in [3.63, 3.8) is 0 Å². The Balaban J connectivity index is 1.79. The van der Waals surface area contributed by atoms with Crippen LogP contribution in [-0.2, 0) is 24.7 Å². The summed E-state index contributed by atoms with van der Waals surface area (Å²) in [6.07, 6.45) is 2.94.